The van der Waals surface area contributed by atoms with Crippen LogP contribution in [0.15, 0.2) is 30.3 Å². The van der Waals surface area contributed by atoms with Gasteiger partial charge in [-0.3, -0.25) is 9.48 Å². The van der Waals surface area contributed by atoms with E-state index in [0.29, 0.717) is 10.8 Å². The number of ether oxygens (including phenoxy) is 1. The summed E-state index contributed by atoms with van der Waals surface area (Å²) in [6.45, 7) is 1.85. The fraction of sp³-hybridized carbons (Fsp3) is 0.286. The van der Waals surface area contributed by atoms with Crippen molar-refractivity contribution < 1.29 is 9.53 Å². The maximum Gasteiger partial charge on any atom is 0.176 e. The minimum atomic E-state index is -0.0336. The Bertz CT molecular complexity index is 579. The van der Waals surface area contributed by atoms with E-state index in [4.69, 9.17) is 16.3 Å². The van der Waals surface area contributed by atoms with Gasteiger partial charge in [0.15, 0.2) is 5.78 Å². The molecule has 2 aromatic rings. The molecule has 0 aliphatic carbocycles. The van der Waals surface area contributed by atoms with Crippen molar-refractivity contribution in [3.63, 3.8) is 0 Å². The number of halogens is 1. The number of Topliss-reactive ketones (excluding diaryl/α,β-unsaturated/α-hetero) is 1. The summed E-state index contributed by atoms with van der Waals surface area (Å²) in [7, 11) is 1.78. The molecule has 0 bridgehead atoms. The topological polar surface area (TPSA) is 44.1 Å². The van der Waals surface area contributed by atoms with Crippen LogP contribution in [0.4, 0.5) is 0 Å². The van der Waals surface area contributed by atoms with E-state index in [1.807, 2.05) is 37.3 Å². The maximum absolute atomic E-state index is 11.9. The van der Waals surface area contributed by atoms with Gasteiger partial charge >= 0.3 is 0 Å². The van der Waals surface area contributed by atoms with E-state index in [2.05, 4.69) is 5.10 Å². The lowest BCUT2D eigenvalue weighted by Gasteiger charge is -2.05. The van der Waals surface area contributed by atoms with Gasteiger partial charge in [0.05, 0.1) is 22.8 Å². The molecule has 19 heavy (non-hydrogen) atoms. The van der Waals surface area contributed by atoms with Gasteiger partial charge in [0.2, 0.25) is 0 Å². The van der Waals surface area contributed by atoms with E-state index in [9.17, 15) is 4.79 Å². The molecule has 1 heterocycles. The molecular formula is C14H15ClN2O2. The monoisotopic (exact) mass is 278 g/mol. The molecule has 0 amide bonds. The van der Waals surface area contributed by atoms with Crippen LogP contribution in [0.5, 0.6) is 5.75 Å². The van der Waals surface area contributed by atoms with Gasteiger partial charge in [-0.1, -0.05) is 29.8 Å². The molecule has 4 nitrogen and oxygen atoms in total. The van der Waals surface area contributed by atoms with E-state index in [1.165, 1.54) is 0 Å². The molecule has 0 unspecified atom stereocenters. The zero-order valence-electron chi connectivity index (χ0n) is 10.9. The third kappa shape index (κ3) is 3.35. The molecule has 2 rings (SSSR count). The molecule has 0 fully saturated rings. The number of ketones is 1. The van der Waals surface area contributed by atoms with Crippen molar-refractivity contribution in [3.05, 3.63) is 46.7 Å². The summed E-state index contributed by atoms with van der Waals surface area (Å²) in [5.74, 6) is 0.650. The Morgan fingerprint density at radius 3 is 2.63 bits per heavy atom. The minimum Gasteiger partial charge on any atom is -0.486 e. The van der Waals surface area contributed by atoms with Gasteiger partial charge in [0, 0.05) is 7.05 Å². The number of benzene rings is 1. The van der Waals surface area contributed by atoms with Gasteiger partial charge in [-0.25, -0.2) is 0 Å². The highest BCUT2D eigenvalue weighted by atomic mass is 35.5. The number of rotatable bonds is 5. The van der Waals surface area contributed by atoms with Crippen LogP contribution in [-0.4, -0.2) is 22.2 Å². The Hall–Kier alpha value is -1.81. The first-order valence-corrected chi connectivity index (χ1v) is 6.33. The maximum atomic E-state index is 11.9. The Morgan fingerprint density at radius 2 is 2.05 bits per heavy atom. The molecule has 5 heteroatoms. The molecule has 0 spiro atoms. The molecule has 0 saturated carbocycles. The van der Waals surface area contributed by atoms with Gasteiger partial charge in [-0.2, -0.15) is 5.10 Å². The second-order valence-electron chi connectivity index (χ2n) is 4.29. The van der Waals surface area contributed by atoms with Gasteiger partial charge in [-0.15, -0.1) is 0 Å². The summed E-state index contributed by atoms with van der Waals surface area (Å²) in [6.07, 6.45) is 0.225. The fourth-order valence-electron chi connectivity index (χ4n) is 1.79. The Labute approximate surface area is 116 Å². The lowest BCUT2D eigenvalue weighted by Crippen LogP contribution is -2.16. The molecule has 0 atom stereocenters. The van der Waals surface area contributed by atoms with Crippen molar-refractivity contribution in [1.29, 1.82) is 0 Å². The number of aromatic nitrogens is 2. The highest BCUT2D eigenvalue weighted by Crippen LogP contribution is 2.20. The molecule has 0 aliphatic rings. The molecule has 0 radical (unpaired) electrons. The highest BCUT2D eigenvalue weighted by Gasteiger charge is 2.15. The van der Waals surface area contributed by atoms with Gasteiger partial charge < -0.3 is 4.74 Å². The molecule has 0 saturated heterocycles. The van der Waals surface area contributed by atoms with Crippen molar-refractivity contribution >= 4 is 17.4 Å². The number of carbonyl (C=O) groups excluding carboxylic acids is 1. The largest absolute Gasteiger partial charge is 0.486 e. The number of aryl methyl sites for hydroxylation is 2. The van der Waals surface area contributed by atoms with Crippen molar-refractivity contribution in [2.45, 2.75) is 13.3 Å². The van der Waals surface area contributed by atoms with Crippen LogP contribution >= 0.6 is 11.6 Å². The predicted octanol–water partition coefficient (Wildman–Crippen LogP) is 2.57. The SMILES string of the molecule is Cc1nn(C)c(CC(=O)COc2ccccc2)c1Cl. The van der Waals surface area contributed by atoms with Gasteiger partial charge in [0.1, 0.15) is 12.4 Å². The molecule has 0 aliphatic heterocycles. The number of carbonyl (C=O) groups is 1. The average molecular weight is 279 g/mol. The third-order valence-electron chi connectivity index (χ3n) is 2.77. The summed E-state index contributed by atoms with van der Waals surface area (Å²) in [5, 5.41) is 4.73. The van der Waals surface area contributed by atoms with Crippen molar-refractivity contribution in [2.24, 2.45) is 7.05 Å². The summed E-state index contributed by atoms with van der Waals surface area (Å²) >= 11 is 6.10. The van der Waals surface area contributed by atoms with Gasteiger partial charge in [-0.05, 0) is 19.1 Å². The number of nitrogens with zero attached hydrogens (tertiary/aromatic N) is 2. The molecule has 0 N–H and O–H groups in total. The highest BCUT2D eigenvalue weighted by molar-refractivity contribution is 6.32. The number of para-hydroxylation sites is 1. The van der Waals surface area contributed by atoms with Crippen LogP contribution in [-0.2, 0) is 18.3 Å². The van der Waals surface area contributed by atoms with Crippen LogP contribution in [0, 0.1) is 6.92 Å². The standard InChI is InChI=1S/C14H15ClN2O2/c1-10-14(15)13(17(2)16-10)8-11(18)9-19-12-6-4-3-5-7-12/h3-7H,8-9H2,1-2H3. The predicted molar refractivity (Wildman–Crippen MR) is 73.6 cm³/mol. The van der Waals surface area contributed by atoms with Crippen LogP contribution in [0.2, 0.25) is 5.02 Å². The van der Waals surface area contributed by atoms with Crippen molar-refractivity contribution in [2.75, 3.05) is 6.61 Å². The second kappa shape index (κ2) is 5.89. The zero-order valence-corrected chi connectivity index (χ0v) is 11.6. The van der Waals surface area contributed by atoms with E-state index in [0.717, 1.165) is 11.4 Å². The van der Waals surface area contributed by atoms with Crippen LogP contribution < -0.4 is 4.74 Å². The molecular weight excluding hydrogens is 264 g/mol. The molecule has 1 aromatic heterocycles. The summed E-state index contributed by atoms with van der Waals surface area (Å²) in [6, 6.07) is 9.25. The molecule has 100 valence electrons. The van der Waals surface area contributed by atoms with E-state index in [1.54, 1.807) is 11.7 Å². The zero-order chi connectivity index (χ0) is 13.8. The van der Waals surface area contributed by atoms with Gasteiger partial charge in [0.25, 0.3) is 0 Å². The van der Waals surface area contributed by atoms with Crippen LogP contribution in [0.3, 0.4) is 0 Å². The normalized spacial score (nSPS) is 10.5. The van der Waals surface area contributed by atoms with Crippen molar-refractivity contribution in [3.8, 4) is 5.75 Å². The van der Waals surface area contributed by atoms with E-state index < -0.39 is 0 Å². The lowest BCUT2D eigenvalue weighted by molar-refractivity contribution is -0.120. The van der Waals surface area contributed by atoms with E-state index >= 15 is 0 Å². The number of hydrogen-bond donors (Lipinski definition) is 0. The first-order chi connectivity index (χ1) is 9.08. The second-order valence-corrected chi connectivity index (χ2v) is 4.66. The summed E-state index contributed by atoms with van der Waals surface area (Å²) < 4.78 is 7.04. The molecule has 1 aromatic carbocycles. The average Bonchev–Trinajstić information content (AvgIpc) is 2.64. The Morgan fingerprint density at radius 1 is 1.37 bits per heavy atom. The Kier molecular flexibility index (Phi) is 4.22. The summed E-state index contributed by atoms with van der Waals surface area (Å²) in [5.41, 5.74) is 1.46. The fourth-order valence-corrected chi connectivity index (χ4v) is 2.02. The summed E-state index contributed by atoms with van der Waals surface area (Å²) in [4.78, 5) is 11.9. The van der Waals surface area contributed by atoms with Crippen molar-refractivity contribution in [1.82, 2.24) is 9.78 Å². The smallest absolute Gasteiger partial charge is 0.176 e. The quantitative estimate of drug-likeness (QED) is 0.844. The van der Waals surface area contributed by atoms with E-state index in [-0.39, 0.29) is 18.8 Å². The Balaban J connectivity index is 1.95. The van der Waals surface area contributed by atoms with Crippen LogP contribution in [0.25, 0.3) is 0 Å². The number of hydrogen-bond acceptors (Lipinski definition) is 3. The lowest BCUT2D eigenvalue weighted by atomic mass is 10.2. The first-order valence-electron chi connectivity index (χ1n) is 5.95. The minimum absolute atomic E-state index is 0.0323. The first kappa shape index (κ1) is 13.6. The van der Waals surface area contributed by atoms with Crippen LogP contribution in [0.1, 0.15) is 11.4 Å². The third-order valence-corrected chi connectivity index (χ3v) is 3.26.